The van der Waals surface area contributed by atoms with E-state index in [-0.39, 0.29) is 12.3 Å². The minimum atomic E-state index is -0.931. The Hall–Kier alpha value is -2.41. The van der Waals surface area contributed by atoms with Crippen molar-refractivity contribution in [2.75, 3.05) is 25.0 Å². The Morgan fingerprint density at radius 3 is 3.03 bits per heavy atom. The molecule has 2 aliphatic heterocycles. The molecule has 0 bridgehead atoms. The summed E-state index contributed by atoms with van der Waals surface area (Å²) in [6.07, 6.45) is 4.99. The van der Waals surface area contributed by atoms with E-state index < -0.39 is 11.9 Å². The maximum absolute atomic E-state index is 13.0. The summed E-state index contributed by atoms with van der Waals surface area (Å²) in [4.78, 5) is 31.7. The summed E-state index contributed by atoms with van der Waals surface area (Å²) in [7, 11) is 0. The number of thiophene rings is 1. The van der Waals surface area contributed by atoms with E-state index in [0.717, 1.165) is 55.0 Å². The lowest BCUT2D eigenvalue weighted by Crippen LogP contribution is -2.34. The van der Waals surface area contributed by atoms with Gasteiger partial charge in [0, 0.05) is 30.2 Å². The van der Waals surface area contributed by atoms with Crippen molar-refractivity contribution in [2.24, 2.45) is 5.92 Å². The van der Waals surface area contributed by atoms with Gasteiger partial charge in [-0.25, -0.2) is 4.98 Å². The van der Waals surface area contributed by atoms with Crippen LogP contribution in [0.2, 0.25) is 0 Å². The number of anilines is 1. The topological polar surface area (TPSA) is 82.5 Å². The summed E-state index contributed by atoms with van der Waals surface area (Å²) >= 11 is 1.45. The van der Waals surface area contributed by atoms with Gasteiger partial charge in [-0.1, -0.05) is 12.1 Å². The highest BCUT2D eigenvalue weighted by atomic mass is 32.1. The first-order valence-electron chi connectivity index (χ1n) is 10.4. The molecule has 0 aliphatic carbocycles. The van der Waals surface area contributed by atoms with Gasteiger partial charge in [0.1, 0.15) is 5.82 Å². The molecule has 6 nitrogen and oxygen atoms in total. The van der Waals surface area contributed by atoms with E-state index in [1.165, 1.54) is 16.9 Å². The number of aromatic nitrogens is 1. The molecule has 0 saturated carbocycles. The predicted molar refractivity (Wildman–Crippen MR) is 113 cm³/mol. The highest BCUT2D eigenvalue weighted by Crippen LogP contribution is 2.30. The van der Waals surface area contributed by atoms with Gasteiger partial charge in [-0.3, -0.25) is 9.59 Å². The number of nitrogens with zero attached hydrogens (tertiary/aromatic N) is 2. The van der Waals surface area contributed by atoms with Crippen LogP contribution in [0.3, 0.4) is 0 Å². The maximum Gasteiger partial charge on any atom is 0.304 e. The molecule has 0 spiro atoms. The first-order chi connectivity index (χ1) is 14.1. The average molecular weight is 414 g/mol. The van der Waals surface area contributed by atoms with Gasteiger partial charge in [0.15, 0.2) is 0 Å². The molecule has 29 heavy (non-hydrogen) atoms. The number of hydrogen-bond donors (Lipinski definition) is 2. The van der Waals surface area contributed by atoms with Crippen LogP contribution in [0.5, 0.6) is 0 Å². The number of carbonyl (C=O) groups excluding carboxylic acids is 1. The van der Waals surface area contributed by atoms with Crippen LogP contribution < -0.4 is 5.32 Å². The largest absolute Gasteiger partial charge is 0.481 e. The van der Waals surface area contributed by atoms with Gasteiger partial charge < -0.3 is 15.3 Å². The molecule has 0 aromatic carbocycles. The Bertz CT molecular complexity index is 868. The summed E-state index contributed by atoms with van der Waals surface area (Å²) in [5.41, 5.74) is 2.40. The molecule has 0 unspecified atom stereocenters. The summed E-state index contributed by atoms with van der Waals surface area (Å²) in [6, 6.07) is 8.05. The minimum Gasteiger partial charge on any atom is -0.481 e. The molecular weight excluding hydrogens is 386 g/mol. The third-order valence-corrected chi connectivity index (χ3v) is 6.91. The Kier molecular flexibility index (Phi) is 6.13. The van der Waals surface area contributed by atoms with E-state index in [2.05, 4.69) is 17.4 Å². The second-order valence-electron chi connectivity index (χ2n) is 7.98. The van der Waals surface area contributed by atoms with Gasteiger partial charge in [0.25, 0.3) is 0 Å². The number of nitrogens with one attached hydrogen (secondary N) is 1. The van der Waals surface area contributed by atoms with Crippen LogP contribution in [0.25, 0.3) is 0 Å². The van der Waals surface area contributed by atoms with E-state index in [1.807, 2.05) is 22.4 Å². The quantitative estimate of drug-likeness (QED) is 0.725. The molecule has 7 heteroatoms. The smallest absolute Gasteiger partial charge is 0.304 e. The first-order valence-corrected chi connectivity index (χ1v) is 11.2. The first kappa shape index (κ1) is 19.9. The van der Waals surface area contributed by atoms with Crippen molar-refractivity contribution in [2.45, 2.75) is 44.4 Å². The lowest BCUT2D eigenvalue weighted by molar-refractivity contribution is -0.141. The molecular formula is C22H27N3O3S. The van der Waals surface area contributed by atoms with E-state index in [1.54, 1.807) is 0 Å². The van der Waals surface area contributed by atoms with Crippen molar-refractivity contribution in [3.63, 3.8) is 0 Å². The number of carboxylic acids is 1. The van der Waals surface area contributed by atoms with E-state index in [0.29, 0.717) is 19.0 Å². The third kappa shape index (κ3) is 4.78. The molecule has 2 aliphatic rings. The second kappa shape index (κ2) is 8.95. The van der Waals surface area contributed by atoms with Crippen molar-refractivity contribution in [3.05, 3.63) is 45.8 Å². The molecule has 2 N–H and O–H groups in total. The number of pyridine rings is 1. The Labute approximate surface area is 175 Å². The fourth-order valence-corrected chi connectivity index (χ4v) is 5.14. The zero-order chi connectivity index (χ0) is 20.2. The SMILES string of the molecule is O=C(O)C[C@H](C(=O)N1CC[C@@H](CCc2ccc3c(n2)NCCC3)C1)c1cccs1. The standard InChI is InChI=1S/C22H27N3O3S/c26-20(27)13-18(19-4-2-12-29-19)22(28)25-11-9-15(14-25)5-7-17-8-6-16-3-1-10-23-21(16)24-17/h2,4,6,8,12,15,18H,1,3,5,7,9-11,13-14H2,(H,23,24)(H,26,27)/t15-,18+/m1/s1. The van der Waals surface area contributed by atoms with Crippen LogP contribution in [0.15, 0.2) is 29.6 Å². The molecule has 1 saturated heterocycles. The summed E-state index contributed by atoms with van der Waals surface area (Å²) < 4.78 is 0. The Morgan fingerprint density at radius 1 is 1.34 bits per heavy atom. The molecule has 2 atom stereocenters. The summed E-state index contributed by atoms with van der Waals surface area (Å²) in [5.74, 6) is -0.0734. The number of carboxylic acid groups (broad SMARTS) is 1. The number of aryl methyl sites for hydroxylation is 2. The van der Waals surface area contributed by atoms with Crippen LogP contribution in [0, 0.1) is 5.92 Å². The monoisotopic (exact) mass is 413 g/mol. The lowest BCUT2D eigenvalue weighted by Gasteiger charge is -2.22. The molecule has 154 valence electrons. The molecule has 1 fully saturated rings. The van der Waals surface area contributed by atoms with E-state index in [4.69, 9.17) is 4.98 Å². The number of likely N-dealkylation sites (tertiary alicyclic amines) is 1. The highest BCUT2D eigenvalue weighted by molar-refractivity contribution is 7.10. The summed E-state index contributed by atoms with van der Waals surface area (Å²) in [6.45, 7) is 2.42. The number of hydrogen-bond acceptors (Lipinski definition) is 5. The number of amides is 1. The number of fused-ring (bicyclic) bond motifs is 1. The van der Waals surface area contributed by atoms with Gasteiger partial charge in [0.05, 0.1) is 12.3 Å². The van der Waals surface area contributed by atoms with Crippen LogP contribution in [-0.2, 0) is 22.4 Å². The number of rotatable bonds is 7. The number of carbonyl (C=O) groups is 2. The fraction of sp³-hybridized carbons (Fsp3) is 0.500. The van der Waals surface area contributed by atoms with Crippen molar-refractivity contribution in [1.82, 2.24) is 9.88 Å². The van der Waals surface area contributed by atoms with Crippen molar-refractivity contribution in [1.29, 1.82) is 0 Å². The number of aliphatic carboxylic acids is 1. The zero-order valence-corrected chi connectivity index (χ0v) is 17.3. The molecule has 0 radical (unpaired) electrons. The zero-order valence-electron chi connectivity index (χ0n) is 16.5. The van der Waals surface area contributed by atoms with Gasteiger partial charge in [-0.2, -0.15) is 0 Å². The van der Waals surface area contributed by atoms with E-state index in [9.17, 15) is 14.7 Å². The molecule has 2 aromatic rings. The van der Waals surface area contributed by atoms with Crippen molar-refractivity contribution < 1.29 is 14.7 Å². The van der Waals surface area contributed by atoms with Gasteiger partial charge in [-0.05, 0) is 61.1 Å². The fourth-order valence-electron chi connectivity index (χ4n) is 4.32. The average Bonchev–Trinajstić information content (AvgIpc) is 3.42. The Balaban J connectivity index is 1.33. The Morgan fingerprint density at radius 2 is 2.24 bits per heavy atom. The van der Waals surface area contributed by atoms with Crippen LogP contribution in [0.1, 0.15) is 47.7 Å². The van der Waals surface area contributed by atoms with E-state index >= 15 is 0 Å². The normalized spacial score (nSPS) is 19.4. The highest BCUT2D eigenvalue weighted by Gasteiger charge is 2.33. The van der Waals surface area contributed by atoms with Crippen LogP contribution in [-0.4, -0.2) is 46.5 Å². The van der Waals surface area contributed by atoms with Crippen molar-refractivity contribution in [3.8, 4) is 0 Å². The molecule has 4 rings (SSSR count). The second-order valence-corrected chi connectivity index (χ2v) is 8.96. The van der Waals surface area contributed by atoms with Gasteiger partial charge >= 0.3 is 5.97 Å². The summed E-state index contributed by atoms with van der Waals surface area (Å²) in [5, 5.41) is 14.5. The van der Waals surface area contributed by atoms with Crippen molar-refractivity contribution >= 4 is 29.0 Å². The van der Waals surface area contributed by atoms with Crippen LogP contribution in [0.4, 0.5) is 5.82 Å². The molecule has 2 aromatic heterocycles. The van der Waals surface area contributed by atoms with Gasteiger partial charge in [0.2, 0.25) is 5.91 Å². The van der Waals surface area contributed by atoms with Gasteiger partial charge in [-0.15, -0.1) is 11.3 Å². The minimum absolute atomic E-state index is 0.0477. The maximum atomic E-state index is 13.0. The predicted octanol–water partition coefficient (Wildman–Crippen LogP) is 3.54. The molecule has 1 amide bonds. The van der Waals surface area contributed by atoms with Crippen LogP contribution >= 0.6 is 11.3 Å². The lowest BCUT2D eigenvalue weighted by atomic mass is 9.99. The molecule has 4 heterocycles. The third-order valence-electron chi connectivity index (χ3n) is 5.92.